The summed E-state index contributed by atoms with van der Waals surface area (Å²) >= 11 is 0. The molecular formula is C14H22N2O. The summed E-state index contributed by atoms with van der Waals surface area (Å²) in [5.74, 6) is 4.12. The first-order valence-corrected chi connectivity index (χ1v) is 7.29. The minimum Gasteiger partial charge on any atom is -0.338 e. The van der Waals surface area contributed by atoms with Crippen molar-refractivity contribution in [2.45, 2.75) is 44.2 Å². The Morgan fingerprint density at radius 1 is 1.18 bits per heavy atom. The lowest BCUT2D eigenvalue weighted by Gasteiger charge is -2.34. The molecule has 5 unspecified atom stereocenters. The highest BCUT2D eigenvalue weighted by Gasteiger charge is 2.67. The maximum atomic E-state index is 12.4. The molecular weight excluding hydrogens is 212 g/mol. The van der Waals surface area contributed by atoms with Gasteiger partial charge in [0.2, 0.25) is 5.91 Å². The largest absolute Gasteiger partial charge is 0.338 e. The highest BCUT2D eigenvalue weighted by molar-refractivity contribution is 5.83. The molecule has 4 rings (SSSR count). The quantitative estimate of drug-likeness (QED) is 0.779. The molecule has 1 aliphatic heterocycles. The number of likely N-dealkylation sites (N-methyl/N-ethyl adjacent to an activating group) is 1. The molecule has 0 radical (unpaired) electrons. The molecule has 0 aromatic heterocycles. The van der Waals surface area contributed by atoms with Gasteiger partial charge in [-0.25, -0.2) is 0 Å². The van der Waals surface area contributed by atoms with E-state index in [1.54, 1.807) is 0 Å². The molecule has 3 heteroatoms. The zero-order valence-electron chi connectivity index (χ0n) is 10.6. The van der Waals surface area contributed by atoms with Crippen molar-refractivity contribution in [3.63, 3.8) is 0 Å². The van der Waals surface area contributed by atoms with Gasteiger partial charge < -0.3 is 10.2 Å². The Balaban J connectivity index is 1.51. The van der Waals surface area contributed by atoms with Crippen molar-refractivity contribution < 1.29 is 4.79 Å². The summed E-state index contributed by atoms with van der Waals surface area (Å²) < 4.78 is 0. The van der Waals surface area contributed by atoms with Crippen LogP contribution in [0.3, 0.4) is 0 Å². The first kappa shape index (κ1) is 10.4. The van der Waals surface area contributed by atoms with Crippen LogP contribution in [0.25, 0.3) is 0 Å². The first-order valence-electron chi connectivity index (χ1n) is 7.29. The standard InChI is InChI=1S/C14H22N2O/c1-15-10-3-2-6-16(14(10)17)13-11-8-4-5-9(7-8)12(11)13/h8-13,15H,2-7H2,1H3. The van der Waals surface area contributed by atoms with Crippen molar-refractivity contribution in [2.75, 3.05) is 13.6 Å². The number of likely N-dealkylation sites (tertiary alicyclic amines) is 1. The van der Waals surface area contributed by atoms with Crippen LogP contribution in [0.1, 0.15) is 32.1 Å². The molecule has 94 valence electrons. The fourth-order valence-corrected chi connectivity index (χ4v) is 5.16. The number of carbonyl (C=O) groups is 1. The monoisotopic (exact) mass is 234 g/mol. The molecule has 0 aromatic carbocycles. The summed E-state index contributed by atoms with van der Waals surface area (Å²) in [6.07, 6.45) is 6.58. The van der Waals surface area contributed by atoms with E-state index in [9.17, 15) is 4.79 Å². The molecule has 2 bridgehead atoms. The van der Waals surface area contributed by atoms with Gasteiger partial charge in [-0.1, -0.05) is 0 Å². The van der Waals surface area contributed by atoms with Crippen molar-refractivity contribution in [1.82, 2.24) is 10.2 Å². The number of hydrogen-bond donors (Lipinski definition) is 1. The molecule has 1 heterocycles. The number of nitrogens with zero attached hydrogens (tertiary/aromatic N) is 1. The summed E-state index contributed by atoms with van der Waals surface area (Å²) in [4.78, 5) is 14.6. The normalized spacial score (nSPS) is 51.8. The van der Waals surface area contributed by atoms with Gasteiger partial charge in [-0.2, -0.15) is 0 Å². The van der Waals surface area contributed by atoms with Gasteiger partial charge in [-0.3, -0.25) is 4.79 Å². The molecule has 17 heavy (non-hydrogen) atoms. The Bertz CT molecular complexity index is 340. The van der Waals surface area contributed by atoms with E-state index in [-0.39, 0.29) is 6.04 Å². The number of amides is 1. The number of hydrogen-bond acceptors (Lipinski definition) is 2. The van der Waals surface area contributed by atoms with Crippen LogP contribution in [0.4, 0.5) is 0 Å². The third kappa shape index (κ3) is 1.29. The van der Waals surface area contributed by atoms with E-state index < -0.39 is 0 Å². The maximum absolute atomic E-state index is 12.4. The van der Waals surface area contributed by atoms with Crippen molar-refractivity contribution in [2.24, 2.45) is 23.7 Å². The Morgan fingerprint density at radius 3 is 2.53 bits per heavy atom. The van der Waals surface area contributed by atoms with Crippen LogP contribution in [0.2, 0.25) is 0 Å². The van der Waals surface area contributed by atoms with Gasteiger partial charge in [0.25, 0.3) is 0 Å². The molecule has 1 saturated heterocycles. The van der Waals surface area contributed by atoms with Gasteiger partial charge in [0, 0.05) is 12.6 Å². The summed E-state index contributed by atoms with van der Waals surface area (Å²) in [5.41, 5.74) is 0. The number of fused-ring (bicyclic) bond motifs is 5. The van der Waals surface area contributed by atoms with E-state index in [0.29, 0.717) is 11.9 Å². The van der Waals surface area contributed by atoms with Crippen LogP contribution < -0.4 is 5.32 Å². The summed E-state index contributed by atoms with van der Waals surface area (Å²) in [7, 11) is 1.92. The molecule has 5 atom stereocenters. The van der Waals surface area contributed by atoms with E-state index in [2.05, 4.69) is 10.2 Å². The van der Waals surface area contributed by atoms with Gasteiger partial charge in [0.15, 0.2) is 0 Å². The Hall–Kier alpha value is -0.570. The topological polar surface area (TPSA) is 32.3 Å². The van der Waals surface area contributed by atoms with Crippen LogP contribution in [0, 0.1) is 23.7 Å². The van der Waals surface area contributed by atoms with Crippen LogP contribution in [0.5, 0.6) is 0 Å². The van der Waals surface area contributed by atoms with E-state index in [4.69, 9.17) is 0 Å². The summed E-state index contributed by atoms with van der Waals surface area (Å²) in [5, 5.41) is 3.18. The predicted octanol–water partition coefficient (Wildman–Crippen LogP) is 1.24. The van der Waals surface area contributed by atoms with Crippen molar-refractivity contribution in [1.29, 1.82) is 0 Å². The van der Waals surface area contributed by atoms with Gasteiger partial charge in [-0.05, 0) is 62.8 Å². The van der Waals surface area contributed by atoms with Crippen molar-refractivity contribution in [3.05, 3.63) is 0 Å². The predicted molar refractivity (Wildman–Crippen MR) is 65.4 cm³/mol. The Labute approximate surface area is 103 Å². The van der Waals surface area contributed by atoms with Gasteiger partial charge in [0.05, 0.1) is 6.04 Å². The molecule has 1 N–H and O–H groups in total. The lowest BCUT2D eigenvalue weighted by molar-refractivity contribution is -0.137. The fourth-order valence-electron chi connectivity index (χ4n) is 5.16. The summed E-state index contributed by atoms with van der Waals surface area (Å²) in [6.45, 7) is 1.02. The van der Waals surface area contributed by atoms with E-state index >= 15 is 0 Å². The van der Waals surface area contributed by atoms with E-state index in [1.165, 1.54) is 25.7 Å². The molecule has 0 aromatic rings. The van der Waals surface area contributed by atoms with Crippen LogP contribution in [-0.2, 0) is 4.79 Å². The maximum Gasteiger partial charge on any atom is 0.239 e. The van der Waals surface area contributed by atoms with E-state index in [0.717, 1.165) is 36.6 Å². The number of carbonyl (C=O) groups excluding carboxylic acids is 1. The average Bonchev–Trinajstić information content (AvgIpc) is 2.78. The first-order chi connectivity index (χ1) is 8.31. The number of piperidine rings is 1. The van der Waals surface area contributed by atoms with Gasteiger partial charge >= 0.3 is 0 Å². The summed E-state index contributed by atoms with van der Waals surface area (Å²) in [6, 6.07) is 0.743. The Kier molecular flexibility index (Phi) is 2.11. The molecule has 1 amide bonds. The fraction of sp³-hybridized carbons (Fsp3) is 0.929. The SMILES string of the molecule is CNC1CCCN(C2C3C4CCC(C4)C32)C1=O. The zero-order chi connectivity index (χ0) is 11.6. The average molecular weight is 234 g/mol. The van der Waals surface area contributed by atoms with Crippen molar-refractivity contribution >= 4 is 5.91 Å². The van der Waals surface area contributed by atoms with Crippen LogP contribution >= 0.6 is 0 Å². The molecule has 4 fully saturated rings. The molecule has 4 aliphatic rings. The lowest BCUT2D eigenvalue weighted by atomic mass is 10.0. The third-order valence-electron chi connectivity index (χ3n) is 5.88. The highest BCUT2D eigenvalue weighted by Crippen LogP contribution is 2.67. The number of nitrogens with one attached hydrogen (secondary N) is 1. The van der Waals surface area contributed by atoms with Crippen LogP contribution in [-0.4, -0.2) is 36.5 Å². The Morgan fingerprint density at radius 2 is 1.88 bits per heavy atom. The molecule has 0 spiro atoms. The zero-order valence-corrected chi connectivity index (χ0v) is 10.6. The van der Waals surface area contributed by atoms with Crippen molar-refractivity contribution in [3.8, 4) is 0 Å². The van der Waals surface area contributed by atoms with E-state index in [1.807, 2.05) is 7.05 Å². The third-order valence-corrected chi connectivity index (χ3v) is 5.88. The lowest BCUT2D eigenvalue weighted by Crippen LogP contribution is -2.51. The second-order valence-corrected chi connectivity index (χ2v) is 6.49. The minimum absolute atomic E-state index is 0.0997. The number of rotatable bonds is 2. The van der Waals surface area contributed by atoms with Gasteiger partial charge in [0.1, 0.15) is 0 Å². The second-order valence-electron chi connectivity index (χ2n) is 6.49. The van der Waals surface area contributed by atoms with Gasteiger partial charge in [-0.15, -0.1) is 0 Å². The molecule has 3 aliphatic carbocycles. The smallest absolute Gasteiger partial charge is 0.239 e. The molecule has 3 saturated carbocycles. The minimum atomic E-state index is 0.0997. The molecule has 3 nitrogen and oxygen atoms in total. The van der Waals surface area contributed by atoms with Crippen LogP contribution in [0.15, 0.2) is 0 Å². The second kappa shape index (κ2) is 3.47. The highest BCUT2D eigenvalue weighted by atomic mass is 16.2.